The van der Waals surface area contributed by atoms with Crippen LogP contribution in [0.15, 0.2) is 36.4 Å². The standard InChI is InChI=1S/C24H26AsN3O5S/c1-16-21(24(30)33-20-9-5-6-10-20)11-18(12-26)23(27-16)28-13-19(14-28)22(29)25-34(31,32)15-17-7-3-2-4-8-17/h2-4,7-8,11,19-20,25H,5-6,9-10,13-15H2,1H3. The number of hydrogen-bond acceptors (Lipinski definition) is 8. The molecule has 1 aliphatic carbocycles. The molecule has 8 nitrogen and oxygen atoms in total. The molecule has 1 atom stereocenters. The summed E-state index contributed by atoms with van der Waals surface area (Å²) < 4.78 is 30.3. The smallest absolute Gasteiger partial charge is 0.0496 e. The van der Waals surface area contributed by atoms with Gasteiger partial charge in [-0.05, 0) is 12.8 Å². The zero-order valence-corrected chi connectivity index (χ0v) is 21.8. The number of aryl methyl sites for hydroxylation is 1. The Morgan fingerprint density at radius 2 is 1.88 bits per heavy atom. The number of pyridine rings is 1. The number of aromatic nitrogens is 1. The summed E-state index contributed by atoms with van der Waals surface area (Å²) in [7, 11) is -3.44. The first-order valence-electron chi connectivity index (χ1n) is 11.2. The Morgan fingerprint density at radius 3 is 2.53 bits per heavy atom. The van der Waals surface area contributed by atoms with Crippen molar-refractivity contribution in [1.82, 2.24) is 4.98 Å². The molecule has 34 heavy (non-hydrogen) atoms. The van der Waals surface area contributed by atoms with Gasteiger partial charge in [-0.2, -0.15) is 0 Å². The average Bonchev–Trinajstić information content (AvgIpc) is 3.25. The van der Waals surface area contributed by atoms with E-state index < -0.39 is 28.7 Å². The van der Waals surface area contributed by atoms with Gasteiger partial charge >= 0.3 is 192 Å². The third-order valence-corrected chi connectivity index (χ3v) is 12.3. The molecule has 1 aromatic heterocycles. The van der Waals surface area contributed by atoms with Crippen LogP contribution in [0.25, 0.3) is 0 Å². The first-order chi connectivity index (χ1) is 16.3. The zero-order chi connectivity index (χ0) is 24.3. The van der Waals surface area contributed by atoms with Gasteiger partial charge in [-0.25, -0.2) is 0 Å². The normalized spacial score (nSPS) is 17.0. The third kappa shape index (κ3) is 5.68. The Bertz CT molecular complexity index is 1230. The minimum Gasteiger partial charge on any atom is -0.0496 e. The van der Waals surface area contributed by atoms with Crippen LogP contribution in [0.3, 0.4) is 0 Å². The quantitative estimate of drug-likeness (QED) is 0.368. The second-order valence-corrected chi connectivity index (χ2v) is 16.7. The van der Waals surface area contributed by atoms with Crippen molar-refractivity contribution in [3.63, 3.8) is 0 Å². The molecule has 0 amide bonds. The summed E-state index contributed by atoms with van der Waals surface area (Å²) in [5, 5.41) is 9.63. The van der Waals surface area contributed by atoms with E-state index in [0.717, 1.165) is 25.7 Å². The van der Waals surface area contributed by atoms with Gasteiger partial charge in [0.05, 0.1) is 0 Å². The van der Waals surface area contributed by atoms with E-state index in [1.54, 1.807) is 36.1 Å². The van der Waals surface area contributed by atoms with Crippen LogP contribution < -0.4 is 4.90 Å². The Morgan fingerprint density at radius 1 is 1.21 bits per heavy atom. The minimum absolute atomic E-state index is 0.0822. The first-order valence-corrected chi connectivity index (χ1v) is 16.5. The monoisotopic (exact) mass is 543 g/mol. The van der Waals surface area contributed by atoms with Gasteiger partial charge in [0, 0.05) is 0 Å². The number of carbonyl (C=O) groups is 2. The number of carbonyl (C=O) groups excluding carboxylic acids is 2. The predicted molar refractivity (Wildman–Crippen MR) is 128 cm³/mol. The van der Waals surface area contributed by atoms with Crippen LogP contribution >= 0.6 is 0 Å². The average molecular weight is 543 g/mol. The summed E-state index contributed by atoms with van der Waals surface area (Å²) in [6, 6.07) is 12.4. The second kappa shape index (κ2) is 10.3. The minimum atomic E-state index is -3.44. The number of nitrogens with zero attached hydrogens (tertiary/aromatic N) is 3. The summed E-state index contributed by atoms with van der Waals surface area (Å²) in [5.74, 6) is -0.557. The van der Waals surface area contributed by atoms with E-state index in [4.69, 9.17) is 4.74 Å². The number of ether oxygens (including phenoxy) is 1. The van der Waals surface area contributed by atoms with Crippen LogP contribution in [0.1, 0.15) is 52.9 Å². The van der Waals surface area contributed by atoms with Crippen molar-refractivity contribution in [1.29, 1.82) is 5.26 Å². The molecule has 1 aromatic carbocycles. The van der Waals surface area contributed by atoms with Crippen LogP contribution in [-0.4, -0.2) is 57.7 Å². The van der Waals surface area contributed by atoms with Gasteiger partial charge in [0.15, 0.2) is 0 Å². The molecule has 1 saturated carbocycles. The molecule has 2 fully saturated rings. The maximum absolute atomic E-state index is 12.6. The number of benzene rings is 1. The number of anilines is 1. The number of hydrogen-bond donors (Lipinski definition) is 0. The van der Waals surface area contributed by atoms with Gasteiger partial charge < -0.3 is 0 Å². The Kier molecular flexibility index (Phi) is 7.39. The second-order valence-electron chi connectivity index (χ2n) is 8.73. The fraction of sp³-hybridized carbons (Fsp3) is 0.417. The van der Waals surface area contributed by atoms with Crippen molar-refractivity contribution < 1.29 is 22.7 Å². The Labute approximate surface area is 204 Å². The first kappa shape index (κ1) is 24.4. The molecule has 1 aliphatic heterocycles. The summed E-state index contributed by atoms with van der Waals surface area (Å²) in [6.45, 7) is 2.33. The molecular weight excluding hydrogens is 517 g/mol. The van der Waals surface area contributed by atoms with Gasteiger partial charge in [0.2, 0.25) is 0 Å². The molecule has 10 heteroatoms. The molecule has 0 N–H and O–H groups in total. The molecule has 0 radical (unpaired) electrons. The topological polar surface area (TPSA) is 117 Å². The molecular formula is C24H26AsN3O5S. The molecule has 2 aliphatic rings. The Hall–Kier alpha value is -2.69. The fourth-order valence-corrected chi connectivity index (χ4v) is 10.3. The van der Waals surface area contributed by atoms with E-state index in [2.05, 4.69) is 11.1 Å². The molecule has 2 aromatic rings. The van der Waals surface area contributed by atoms with Crippen LogP contribution in [0.2, 0.25) is 0 Å². The van der Waals surface area contributed by atoms with Crippen LogP contribution in [0.5, 0.6) is 0 Å². The SMILES string of the molecule is Cc1nc(N2CC(C(=O)[AsH]S(=O)(=O)Cc3ccccc3)C2)c(C#N)cc1C(=O)OC1CCCC1. The van der Waals surface area contributed by atoms with Crippen molar-refractivity contribution in [2.24, 2.45) is 5.92 Å². The van der Waals surface area contributed by atoms with Crippen molar-refractivity contribution >= 4 is 39.1 Å². The molecule has 178 valence electrons. The molecule has 0 bridgehead atoms. The summed E-state index contributed by atoms with van der Waals surface area (Å²) in [5.41, 5.74) is 1.66. The molecule has 1 unspecified atom stereocenters. The van der Waals surface area contributed by atoms with Gasteiger partial charge in [-0.1, -0.05) is 0 Å². The zero-order valence-electron chi connectivity index (χ0n) is 18.9. The van der Waals surface area contributed by atoms with Gasteiger partial charge in [-0.3, -0.25) is 0 Å². The number of nitriles is 1. The van der Waals surface area contributed by atoms with E-state index in [-0.39, 0.29) is 33.5 Å². The molecule has 4 rings (SSSR count). The van der Waals surface area contributed by atoms with Crippen LogP contribution in [0, 0.1) is 24.2 Å². The maximum atomic E-state index is 12.6. The van der Waals surface area contributed by atoms with E-state index in [9.17, 15) is 23.3 Å². The van der Waals surface area contributed by atoms with Crippen molar-refractivity contribution in [2.45, 2.75) is 44.5 Å². The van der Waals surface area contributed by atoms with E-state index >= 15 is 0 Å². The third-order valence-electron chi connectivity index (χ3n) is 6.12. The fourth-order valence-electron chi connectivity index (χ4n) is 4.23. The predicted octanol–water partition coefficient (Wildman–Crippen LogP) is 2.29. The van der Waals surface area contributed by atoms with Crippen LogP contribution in [0.4, 0.5) is 5.82 Å². The summed E-state index contributed by atoms with van der Waals surface area (Å²) >= 11 is -1.83. The van der Waals surface area contributed by atoms with Crippen molar-refractivity contribution in [2.75, 3.05) is 18.0 Å². The molecule has 2 heterocycles. The van der Waals surface area contributed by atoms with Crippen molar-refractivity contribution in [3.8, 4) is 6.07 Å². The van der Waals surface area contributed by atoms with E-state index in [1.165, 1.54) is 6.07 Å². The number of rotatable bonds is 8. The Balaban J connectivity index is 1.38. The van der Waals surface area contributed by atoms with E-state index in [1.807, 2.05) is 6.07 Å². The molecule has 1 saturated heterocycles. The van der Waals surface area contributed by atoms with Gasteiger partial charge in [-0.15, -0.1) is 0 Å². The van der Waals surface area contributed by atoms with E-state index in [0.29, 0.717) is 30.2 Å². The summed E-state index contributed by atoms with van der Waals surface area (Å²) in [6.07, 6.45) is 3.72. The van der Waals surface area contributed by atoms with Gasteiger partial charge in [0.25, 0.3) is 0 Å². The van der Waals surface area contributed by atoms with Crippen LogP contribution in [-0.2, 0) is 23.4 Å². The molecule has 0 spiro atoms. The van der Waals surface area contributed by atoms with Crippen molar-refractivity contribution in [3.05, 3.63) is 58.8 Å². The summed E-state index contributed by atoms with van der Waals surface area (Å²) in [4.78, 5) is 31.5. The number of esters is 1. The van der Waals surface area contributed by atoms with Gasteiger partial charge in [0.1, 0.15) is 0 Å².